The smallest absolute Gasteiger partial charge is 0.316 e. The van der Waals surface area contributed by atoms with Gasteiger partial charge in [-0.1, -0.05) is 18.2 Å². The number of hydrogen-bond acceptors (Lipinski definition) is 3. The Bertz CT molecular complexity index is 947. The van der Waals surface area contributed by atoms with Gasteiger partial charge in [0, 0.05) is 22.8 Å². The number of para-hydroxylation sites is 1. The van der Waals surface area contributed by atoms with E-state index in [9.17, 15) is 9.59 Å². The number of nitrogens with one attached hydrogen (secondary N) is 2. The van der Waals surface area contributed by atoms with Gasteiger partial charge in [0.05, 0.1) is 11.7 Å². The fourth-order valence-electron chi connectivity index (χ4n) is 3.18. The Morgan fingerprint density at radius 3 is 2.96 bits per heavy atom. The van der Waals surface area contributed by atoms with Crippen molar-refractivity contribution in [2.75, 3.05) is 10.2 Å². The van der Waals surface area contributed by atoms with Crippen molar-refractivity contribution in [3.05, 3.63) is 54.2 Å². The van der Waals surface area contributed by atoms with Crippen LogP contribution >= 0.6 is 0 Å². The Kier molecular flexibility index (Phi) is 3.30. The first-order chi connectivity index (χ1) is 11.6. The normalized spacial score (nSPS) is 16.2. The second-order valence-electron chi connectivity index (χ2n) is 5.98. The molecule has 0 radical (unpaired) electrons. The summed E-state index contributed by atoms with van der Waals surface area (Å²) in [6, 6.07) is 13.0. The highest BCUT2D eigenvalue weighted by molar-refractivity contribution is 6.44. The maximum Gasteiger partial charge on any atom is 0.316 e. The zero-order valence-corrected chi connectivity index (χ0v) is 13.1. The van der Waals surface area contributed by atoms with Crippen molar-refractivity contribution in [2.24, 2.45) is 0 Å². The third kappa shape index (κ3) is 2.32. The molecule has 0 saturated heterocycles. The fourth-order valence-corrected chi connectivity index (χ4v) is 3.18. The van der Waals surface area contributed by atoms with Crippen molar-refractivity contribution in [1.29, 1.82) is 0 Å². The summed E-state index contributed by atoms with van der Waals surface area (Å²) in [4.78, 5) is 26.6. The molecule has 24 heavy (non-hydrogen) atoms. The van der Waals surface area contributed by atoms with E-state index < -0.39 is 11.8 Å². The van der Waals surface area contributed by atoms with Crippen molar-refractivity contribution in [3.63, 3.8) is 0 Å². The van der Waals surface area contributed by atoms with E-state index in [1.807, 2.05) is 37.3 Å². The van der Waals surface area contributed by atoms with E-state index in [0.717, 1.165) is 28.6 Å². The van der Waals surface area contributed by atoms with Gasteiger partial charge in [0.15, 0.2) is 0 Å². The maximum atomic E-state index is 12.6. The van der Waals surface area contributed by atoms with Crippen LogP contribution < -0.4 is 10.2 Å². The zero-order chi connectivity index (χ0) is 16.7. The molecule has 120 valence electrons. The first-order valence-corrected chi connectivity index (χ1v) is 7.79. The number of benzene rings is 2. The molecule has 1 unspecified atom stereocenters. The van der Waals surface area contributed by atoms with Gasteiger partial charge in [-0.3, -0.25) is 14.7 Å². The van der Waals surface area contributed by atoms with E-state index in [0.29, 0.717) is 5.69 Å². The van der Waals surface area contributed by atoms with E-state index in [2.05, 4.69) is 15.5 Å². The molecular formula is C18H16N4O2. The number of aromatic nitrogens is 2. The molecule has 2 aromatic carbocycles. The summed E-state index contributed by atoms with van der Waals surface area (Å²) in [5.41, 5.74) is 3.27. The molecule has 1 aliphatic heterocycles. The number of H-pyrrole nitrogens is 1. The van der Waals surface area contributed by atoms with Crippen molar-refractivity contribution in [2.45, 2.75) is 19.4 Å². The van der Waals surface area contributed by atoms with Gasteiger partial charge >= 0.3 is 11.8 Å². The highest BCUT2D eigenvalue weighted by Crippen LogP contribution is 2.32. The summed E-state index contributed by atoms with van der Waals surface area (Å²) in [6.07, 6.45) is 2.46. The number of anilines is 2. The minimum atomic E-state index is -0.641. The first-order valence-electron chi connectivity index (χ1n) is 7.79. The molecule has 3 aromatic rings. The molecule has 2 amide bonds. The lowest BCUT2D eigenvalue weighted by Crippen LogP contribution is -2.43. The van der Waals surface area contributed by atoms with Gasteiger partial charge in [-0.2, -0.15) is 5.10 Å². The van der Waals surface area contributed by atoms with Gasteiger partial charge in [0.25, 0.3) is 0 Å². The number of hydrogen-bond donors (Lipinski definition) is 2. The topological polar surface area (TPSA) is 78.1 Å². The maximum absolute atomic E-state index is 12.6. The number of nitrogens with zero attached hydrogens (tertiary/aromatic N) is 2. The second kappa shape index (κ2) is 5.49. The zero-order valence-electron chi connectivity index (χ0n) is 13.1. The lowest BCUT2D eigenvalue weighted by Gasteiger charge is -2.22. The van der Waals surface area contributed by atoms with Crippen molar-refractivity contribution in [1.82, 2.24) is 10.2 Å². The molecule has 6 heteroatoms. The predicted molar refractivity (Wildman–Crippen MR) is 91.8 cm³/mol. The van der Waals surface area contributed by atoms with Crippen LogP contribution in [0.15, 0.2) is 48.7 Å². The quantitative estimate of drug-likeness (QED) is 0.676. The molecule has 0 aliphatic carbocycles. The summed E-state index contributed by atoms with van der Waals surface area (Å²) in [5, 5.41) is 10.4. The van der Waals surface area contributed by atoms with Gasteiger partial charge in [-0.25, -0.2) is 0 Å². The number of fused-ring (bicyclic) bond motifs is 2. The Hall–Kier alpha value is -3.15. The fraction of sp³-hybridized carbons (Fsp3) is 0.167. The van der Waals surface area contributed by atoms with Crippen LogP contribution in [-0.4, -0.2) is 28.1 Å². The molecule has 2 N–H and O–H groups in total. The molecule has 0 bridgehead atoms. The number of rotatable bonds is 1. The molecule has 0 saturated carbocycles. The van der Waals surface area contributed by atoms with Crippen molar-refractivity contribution < 1.29 is 9.59 Å². The third-order valence-corrected chi connectivity index (χ3v) is 4.32. The summed E-state index contributed by atoms with van der Waals surface area (Å²) < 4.78 is 0. The van der Waals surface area contributed by atoms with Crippen LogP contribution in [0.4, 0.5) is 11.4 Å². The molecule has 6 nitrogen and oxygen atoms in total. The monoisotopic (exact) mass is 320 g/mol. The largest absolute Gasteiger partial charge is 0.318 e. The number of aromatic amines is 1. The van der Waals surface area contributed by atoms with Gasteiger partial charge < -0.3 is 10.2 Å². The number of carbonyl (C=O) groups excluding carboxylic acids is 2. The minimum absolute atomic E-state index is 0.0317. The van der Waals surface area contributed by atoms with Crippen LogP contribution in [-0.2, 0) is 16.0 Å². The highest BCUT2D eigenvalue weighted by atomic mass is 16.2. The number of amides is 2. The standard InChI is InChI=1S/C18H16N4O2/c1-11-8-12-4-2-3-5-16(12)22(11)18(24)17(23)20-14-7-6-13-10-19-21-15(13)9-14/h2-7,9-11H,8H2,1H3,(H,19,21)(H,20,23). The van der Waals surface area contributed by atoms with Crippen LogP contribution in [0.3, 0.4) is 0 Å². The average molecular weight is 320 g/mol. The predicted octanol–water partition coefficient (Wildman–Crippen LogP) is 2.48. The van der Waals surface area contributed by atoms with Crippen LogP contribution in [0.1, 0.15) is 12.5 Å². The van der Waals surface area contributed by atoms with Crippen molar-refractivity contribution in [3.8, 4) is 0 Å². The van der Waals surface area contributed by atoms with Gasteiger partial charge in [0.2, 0.25) is 0 Å². The summed E-state index contributed by atoms with van der Waals surface area (Å²) in [7, 11) is 0. The van der Waals surface area contributed by atoms with Crippen molar-refractivity contribution >= 4 is 34.1 Å². The van der Waals surface area contributed by atoms with Crippen LogP contribution in [0.2, 0.25) is 0 Å². The van der Waals surface area contributed by atoms with Crippen LogP contribution in [0, 0.1) is 0 Å². The van der Waals surface area contributed by atoms with Crippen LogP contribution in [0.25, 0.3) is 10.9 Å². The van der Waals surface area contributed by atoms with E-state index in [4.69, 9.17) is 0 Å². The summed E-state index contributed by atoms with van der Waals surface area (Å²) >= 11 is 0. The molecule has 1 atom stereocenters. The molecule has 1 aliphatic rings. The third-order valence-electron chi connectivity index (χ3n) is 4.32. The Morgan fingerprint density at radius 1 is 1.25 bits per heavy atom. The number of carbonyl (C=O) groups is 2. The average Bonchev–Trinajstić information content (AvgIpc) is 3.16. The molecule has 0 spiro atoms. The van der Waals surface area contributed by atoms with Gasteiger partial charge in [-0.05, 0) is 43.2 Å². The molecular weight excluding hydrogens is 304 g/mol. The van der Waals surface area contributed by atoms with Crippen LogP contribution in [0.5, 0.6) is 0 Å². The Balaban J connectivity index is 1.57. The lowest BCUT2D eigenvalue weighted by molar-refractivity contribution is -0.134. The van der Waals surface area contributed by atoms with E-state index in [-0.39, 0.29) is 6.04 Å². The van der Waals surface area contributed by atoms with E-state index in [1.54, 1.807) is 23.2 Å². The minimum Gasteiger partial charge on any atom is -0.318 e. The molecule has 1 aromatic heterocycles. The lowest BCUT2D eigenvalue weighted by atomic mass is 10.1. The Labute approximate surface area is 138 Å². The highest BCUT2D eigenvalue weighted by Gasteiger charge is 2.34. The molecule has 2 heterocycles. The van der Waals surface area contributed by atoms with Gasteiger partial charge in [-0.15, -0.1) is 0 Å². The summed E-state index contributed by atoms with van der Waals surface area (Å²) in [6.45, 7) is 1.95. The molecule has 0 fully saturated rings. The van der Waals surface area contributed by atoms with E-state index in [1.165, 1.54) is 0 Å². The SMILES string of the molecule is CC1Cc2ccccc2N1C(=O)C(=O)Nc1ccc2cn[nH]c2c1. The van der Waals surface area contributed by atoms with E-state index >= 15 is 0 Å². The van der Waals surface area contributed by atoms with Gasteiger partial charge in [0.1, 0.15) is 0 Å². The first kappa shape index (κ1) is 14.4. The Morgan fingerprint density at radius 2 is 2.08 bits per heavy atom. The second-order valence-corrected chi connectivity index (χ2v) is 5.98. The summed E-state index contributed by atoms with van der Waals surface area (Å²) in [5.74, 6) is -1.19. The molecule has 4 rings (SSSR count).